The SMILES string of the molecule is CCC(=O)N(CC(=O)N1CCN(CC=Cc2ccccc2)CC1)c1ccccc1.Cl. The summed E-state index contributed by atoms with van der Waals surface area (Å²) in [5, 5.41) is 0. The smallest absolute Gasteiger partial charge is 0.242 e. The Morgan fingerprint density at radius 1 is 0.933 bits per heavy atom. The first kappa shape index (κ1) is 23.6. The molecule has 2 aromatic rings. The largest absolute Gasteiger partial charge is 0.339 e. The van der Waals surface area contributed by atoms with E-state index in [1.165, 1.54) is 5.56 Å². The summed E-state index contributed by atoms with van der Waals surface area (Å²) in [6.07, 6.45) is 4.68. The highest BCUT2D eigenvalue weighted by molar-refractivity contribution is 5.98. The predicted molar refractivity (Wildman–Crippen MR) is 125 cm³/mol. The highest BCUT2D eigenvalue weighted by Gasteiger charge is 2.24. The summed E-state index contributed by atoms with van der Waals surface area (Å²) in [6.45, 7) is 5.88. The average molecular weight is 428 g/mol. The Balaban J connectivity index is 0.00000320. The van der Waals surface area contributed by atoms with Crippen molar-refractivity contribution in [2.24, 2.45) is 0 Å². The lowest BCUT2D eigenvalue weighted by atomic mass is 10.2. The molecule has 0 unspecified atom stereocenters. The van der Waals surface area contributed by atoms with E-state index in [1.54, 1.807) is 4.90 Å². The first-order valence-electron chi connectivity index (χ1n) is 10.2. The Labute approximate surface area is 185 Å². The van der Waals surface area contributed by atoms with Gasteiger partial charge in [0.1, 0.15) is 6.54 Å². The van der Waals surface area contributed by atoms with Crippen LogP contribution in [0.5, 0.6) is 0 Å². The minimum atomic E-state index is -0.0331. The predicted octanol–water partition coefficient (Wildman–Crippen LogP) is 3.71. The molecule has 0 atom stereocenters. The van der Waals surface area contributed by atoms with Gasteiger partial charge in [-0.2, -0.15) is 0 Å². The number of carbonyl (C=O) groups is 2. The standard InChI is InChI=1S/C24H29N3O2.ClH/c1-2-23(28)27(22-13-7-4-8-14-22)20-24(29)26-18-16-25(17-19-26)15-9-12-21-10-5-3-6-11-21;/h3-14H,2,15-20H2,1H3;1H. The quantitative estimate of drug-likeness (QED) is 0.676. The van der Waals surface area contributed by atoms with Crippen LogP contribution in [0.4, 0.5) is 5.69 Å². The molecule has 0 spiro atoms. The molecule has 0 saturated carbocycles. The van der Waals surface area contributed by atoms with Crippen molar-refractivity contribution in [1.29, 1.82) is 0 Å². The normalized spacial score (nSPS) is 14.4. The lowest BCUT2D eigenvalue weighted by Gasteiger charge is -2.35. The molecule has 6 heteroatoms. The fraction of sp³-hybridized carbons (Fsp3) is 0.333. The minimum Gasteiger partial charge on any atom is -0.339 e. The molecule has 0 aliphatic carbocycles. The molecule has 0 aromatic heterocycles. The van der Waals surface area contributed by atoms with Crippen LogP contribution < -0.4 is 4.90 Å². The monoisotopic (exact) mass is 427 g/mol. The molecule has 2 amide bonds. The number of carbonyl (C=O) groups excluding carboxylic acids is 2. The maximum atomic E-state index is 12.8. The summed E-state index contributed by atoms with van der Waals surface area (Å²) in [5.41, 5.74) is 1.97. The molecule has 1 aliphatic heterocycles. The summed E-state index contributed by atoms with van der Waals surface area (Å²) in [7, 11) is 0. The van der Waals surface area contributed by atoms with Gasteiger partial charge in [-0.25, -0.2) is 0 Å². The van der Waals surface area contributed by atoms with E-state index in [0.717, 1.165) is 25.3 Å². The van der Waals surface area contributed by atoms with Crippen molar-refractivity contribution in [2.75, 3.05) is 44.2 Å². The number of benzene rings is 2. The number of hydrogen-bond donors (Lipinski definition) is 0. The van der Waals surface area contributed by atoms with Gasteiger partial charge >= 0.3 is 0 Å². The van der Waals surface area contributed by atoms with Crippen molar-refractivity contribution >= 4 is 36.0 Å². The molecule has 0 N–H and O–H groups in total. The topological polar surface area (TPSA) is 43.9 Å². The molecule has 1 heterocycles. The second-order valence-corrected chi connectivity index (χ2v) is 7.16. The molecular weight excluding hydrogens is 398 g/mol. The van der Waals surface area contributed by atoms with Crippen molar-refractivity contribution in [3.05, 3.63) is 72.3 Å². The van der Waals surface area contributed by atoms with Gasteiger partial charge in [-0.05, 0) is 17.7 Å². The summed E-state index contributed by atoms with van der Waals surface area (Å²) in [6, 6.07) is 19.7. The number of nitrogens with zero attached hydrogens (tertiary/aromatic N) is 3. The lowest BCUT2D eigenvalue weighted by molar-refractivity contribution is -0.132. The van der Waals surface area contributed by atoms with Crippen LogP contribution in [0.15, 0.2) is 66.7 Å². The van der Waals surface area contributed by atoms with Crippen molar-refractivity contribution in [3.8, 4) is 0 Å². The molecule has 0 bridgehead atoms. The number of piperazine rings is 1. The first-order chi connectivity index (χ1) is 14.2. The molecule has 5 nitrogen and oxygen atoms in total. The minimum absolute atomic E-state index is 0. The van der Waals surface area contributed by atoms with Crippen LogP contribution in [0.2, 0.25) is 0 Å². The van der Waals surface area contributed by atoms with Gasteiger partial charge in [0.15, 0.2) is 0 Å². The van der Waals surface area contributed by atoms with Gasteiger partial charge in [-0.1, -0.05) is 67.6 Å². The second-order valence-electron chi connectivity index (χ2n) is 7.16. The van der Waals surface area contributed by atoms with E-state index in [1.807, 2.05) is 60.4 Å². The Bertz CT molecular complexity index is 819. The lowest BCUT2D eigenvalue weighted by Crippen LogP contribution is -2.51. The van der Waals surface area contributed by atoms with Crippen LogP contribution >= 0.6 is 12.4 Å². The Morgan fingerprint density at radius 3 is 2.13 bits per heavy atom. The van der Waals surface area contributed by atoms with Crippen LogP contribution in [0, 0.1) is 0 Å². The van der Waals surface area contributed by atoms with E-state index in [2.05, 4.69) is 29.2 Å². The van der Waals surface area contributed by atoms with Crippen molar-refractivity contribution in [3.63, 3.8) is 0 Å². The highest BCUT2D eigenvalue weighted by atomic mass is 35.5. The molecule has 160 valence electrons. The van der Waals surface area contributed by atoms with E-state index in [-0.39, 0.29) is 30.8 Å². The van der Waals surface area contributed by atoms with E-state index in [4.69, 9.17) is 0 Å². The molecule has 1 fully saturated rings. The fourth-order valence-electron chi connectivity index (χ4n) is 3.44. The summed E-state index contributed by atoms with van der Waals surface area (Å²) in [5.74, 6) is -0.0237. The van der Waals surface area contributed by atoms with Gasteiger partial charge < -0.3 is 9.80 Å². The third-order valence-corrected chi connectivity index (χ3v) is 5.16. The molecular formula is C24H30ClN3O2. The molecule has 0 radical (unpaired) electrons. The van der Waals surface area contributed by atoms with Gasteiger partial charge in [0, 0.05) is 44.8 Å². The number of anilines is 1. The van der Waals surface area contributed by atoms with Crippen molar-refractivity contribution < 1.29 is 9.59 Å². The van der Waals surface area contributed by atoms with E-state index < -0.39 is 0 Å². The van der Waals surface area contributed by atoms with Gasteiger partial charge in [-0.15, -0.1) is 12.4 Å². The maximum Gasteiger partial charge on any atom is 0.242 e. The highest BCUT2D eigenvalue weighted by Crippen LogP contribution is 2.15. The van der Waals surface area contributed by atoms with E-state index in [0.29, 0.717) is 19.5 Å². The molecule has 1 saturated heterocycles. The van der Waals surface area contributed by atoms with Crippen LogP contribution in [0.3, 0.4) is 0 Å². The summed E-state index contributed by atoms with van der Waals surface area (Å²) in [4.78, 5) is 31.0. The zero-order chi connectivity index (χ0) is 20.5. The summed E-state index contributed by atoms with van der Waals surface area (Å²) >= 11 is 0. The number of hydrogen-bond acceptors (Lipinski definition) is 3. The van der Waals surface area contributed by atoms with Crippen LogP contribution in [0.25, 0.3) is 6.08 Å². The van der Waals surface area contributed by atoms with Crippen molar-refractivity contribution in [1.82, 2.24) is 9.80 Å². The number of rotatable bonds is 7. The van der Waals surface area contributed by atoms with E-state index in [9.17, 15) is 9.59 Å². The van der Waals surface area contributed by atoms with Crippen LogP contribution in [-0.2, 0) is 9.59 Å². The van der Waals surface area contributed by atoms with Crippen molar-refractivity contribution in [2.45, 2.75) is 13.3 Å². The Hall–Kier alpha value is -2.63. The van der Waals surface area contributed by atoms with Crippen LogP contribution in [-0.4, -0.2) is 60.9 Å². The average Bonchev–Trinajstić information content (AvgIpc) is 2.78. The second kappa shape index (κ2) is 12.2. The Morgan fingerprint density at radius 2 is 1.53 bits per heavy atom. The van der Waals surface area contributed by atoms with Crippen LogP contribution in [0.1, 0.15) is 18.9 Å². The third-order valence-electron chi connectivity index (χ3n) is 5.16. The zero-order valence-electron chi connectivity index (χ0n) is 17.4. The van der Waals surface area contributed by atoms with Gasteiger partial charge in [0.05, 0.1) is 0 Å². The Kier molecular flexibility index (Phi) is 9.58. The molecule has 3 rings (SSSR count). The van der Waals surface area contributed by atoms with Gasteiger partial charge in [0.25, 0.3) is 0 Å². The molecule has 2 aromatic carbocycles. The van der Waals surface area contributed by atoms with E-state index >= 15 is 0 Å². The summed E-state index contributed by atoms with van der Waals surface area (Å²) < 4.78 is 0. The van der Waals surface area contributed by atoms with Gasteiger partial charge in [0.2, 0.25) is 11.8 Å². The number of amides is 2. The first-order valence-corrected chi connectivity index (χ1v) is 10.2. The fourth-order valence-corrected chi connectivity index (χ4v) is 3.44. The maximum absolute atomic E-state index is 12.8. The number of halogens is 1. The number of para-hydroxylation sites is 1. The zero-order valence-corrected chi connectivity index (χ0v) is 18.3. The molecule has 1 aliphatic rings. The molecule has 30 heavy (non-hydrogen) atoms. The third kappa shape index (κ3) is 6.71. The van der Waals surface area contributed by atoms with Gasteiger partial charge in [-0.3, -0.25) is 14.5 Å².